The molecule has 4 rings (SSSR count). The first-order chi connectivity index (χ1) is 14.1. The number of pyridine rings is 1. The summed E-state index contributed by atoms with van der Waals surface area (Å²) in [6.45, 7) is 1.27. The van der Waals surface area contributed by atoms with Crippen LogP contribution in [0.25, 0.3) is 11.1 Å². The second-order valence-corrected chi connectivity index (χ2v) is 8.42. The quantitative estimate of drug-likeness (QED) is 0.849. The summed E-state index contributed by atoms with van der Waals surface area (Å²) < 4.78 is 0. The largest absolute Gasteiger partial charge is 0.359 e. The average Bonchev–Trinajstić information content (AvgIpc) is 2.73. The van der Waals surface area contributed by atoms with Gasteiger partial charge < -0.3 is 10.2 Å². The minimum absolute atomic E-state index is 0.0353. The van der Waals surface area contributed by atoms with Crippen LogP contribution in [-0.4, -0.2) is 41.8 Å². The lowest BCUT2D eigenvalue weighted by atomic mass is 9.72. The predicted molar refractivity (Wildman–Crippen MR) is 113 cm³/mol. The van der Waals surface area contributed by atoms with Crippen molar-refractivity contribution in [2.24, 2.45) is 11.3 Å². The highest BCUT2D eigenvalue weighted by Crippen LogP contribution is 2.38. The van der Waals surface area contributed by atoms with Gasteiger partial charge in [-0.25, -0.2) is 0 Å². The van der Waals surface area contributed by atoms with E-state index in [4.69, 9.17) is 0 Å². The number of rotatable bonds is 5. The van der Waals surface area contributed by atoms with E-state index in [1.54, 1.807) is 19.4 Å². The van der Waals surface area contributed by atoms with Gasteiger partial charge in [0.25, 0.3) is 0 Å². The molecule has 152 valence electrons. The molecule has 5 nitrogen and oxygen atoms in total. The van der Waals surface area contributed by atoms with Crippen LogP contribution in [0.1, 0.15) is 37.7 Å². The number of carbonyl (C=O) groups excluding carboxylic acids is 2. The average molecular weight is 392 g/mol. The predicted octanol–water partition coefficient (Wildman–Crippen LogP) is 3.45. The Morgan fingerprint density at radius 2 is 1.90 bits per heavy atom. The van der Waals surface area contributed by atoms with Gasteiger partial charge in [-0.05, 0) is 60.9 Å². The first-order valence-electron chi connectivity index (χ1n) is 10.6. The van der Waals surface area contributed by atoms with E-state index in [2.05, 4.69) is 22.4 Å². The van der Waals surface area contributed by atoms with Crippen molar-refractivity contribution < 1.29 is 9.59 Å². The molecule has 2 aromatic rings. The van der Waals surface area contributed by atoms with Crippen LogP contribution in [0, 0.1) is 11.3 Å². The normalized spacial score (nSPS) is 22.0. The molecule has 1 aromatic carbocycles. The summed E-state index contributed by atoms with van der Waals surface area (Å²) in [4.78, 5) is 32.1. The first kappa shape index (κ1) is 19.6. The molecule has 1 saturated heterocycles. The third-order valence-corrected chi connectivity index (χ3v) is 6.59. The molecule has 1 aliphatic heterocycles. The van der Waals surface area contributed by atoms with Gasteiger partial charge in [0.05, 0.1) is 5.41 Å². The summed E-state index contributed by atoms with van der Waals surface area (Å²) in [7, 11) is 1.70. The fraction of sp³-hybridized carbons (Fsp3) is 0.458. The lowest BCUT2D eigenvalue weighted by molar-refractivity contribution is -0.146. The number of amides is 2. The maximum absolute atomic E-state index is 13.1. The number of carbonyl (C=O) groups is 2. The molecule has 1 aromatic heterocycles. The molecule has 5 heteroatoms. The molecule has 1 atom stereocenters. The van der Waals surface area contributed by atoms with Crippen molar-refractivity contribution in [3.8, 4) is 11.1 Å². The molecule has 1 N–H and O–H groups in total. The molecular weight excluding hydrogens is 362 g/mol. The molecule has 0 spiro atoms. The van der Waals surface area contributed by atoms with E-state index in [1.165, 1.54) is 0 Å². The smallest absolute Gasteiger partial charge is 0.228 e. The molecule has 2 amide bonds. The number of likely N-dealkylation sites (tertiary alicyclic amines) is 1. The topological polar surface area (TPSA) is 62.3 Å². The number of hydrogen-bond donors (Lipinski definition) is 1. The van der Waals surface area contributed by atoms with Crippen molar-refractivity contribution in [3.05, 3.63) is 54.4 Å². The Morgan fingerprint density at radius 1 is 1.14 bits per heavy atom. The fourth-order valence-electron chi connectivity index (χ4n) is 4.76. The molecule has 2 heterocycles. The number of aromatic nitrogens is 1. The van der Waals surface area contributed by atoms with Crippen LogP contribution in [-0.2, 0) is 16.0 Å². The van der Waals surface area contributed by atoms with Crippen molar-refractivity contribution in [3.63, 3.8) is 0 Å². The maximum Gasteiger partial charge on any atom is 0.228 e. The van der Waals surface area contributed by atoms with E-state index in [0.717, 1.165) is 55.3 Å². The molecule has 0 radical (unpaired) electrons. The number of nitrogens with one attached hydrogen (secondary N) is 1. The highest BCUT2D eigenvalue weighted by molar-refractivity contribution is 5.86. The van der Waals surface area contributed by atoms with Crippen molar-refractivity contribution in [2.45, 2.75) is 38.5 Å². The van der Waals surface area contributed by atoms with Crippen LogP contribution >= 0.6 is 0 Å². The van der Waals surface area contributed by atoms with Crippen LogP contribution in [0.15, 0.2) is 48.8 Å². The zero-order chi connectivity index (χ0) is 20.3. The first-order valence-corrected chi connectivity index (χ1v) is 10.6. The number of benzene rings is 1. The summed E-state index contributed by atoms with van der Waals surface area (Å²) in [6, 6.07) is 12.3. The van der Waals surface area contributed by atoms with Crippen LogP contribution in [0.2, 0.25) is 0 Å². The van der Waals surface area contributed by atoms with Crippen LogP contribution in [0.5, 0.6) is 0 Å². The third-order valence-electron chi connectivity index (χ3n) is 6.59. The van der Waals surface area contributed by atoms with Crippen molar-refractivity contribution in [2.75, 3.05) is 20.1 Å². The fourth-order valence-corrected chi connectivity index (χ4v) is 4.76. The van der Waals surface area contributed by atoms with Gasteiger partial charge in [-0.15, -0.1) is 0 Å². The molecular formula is C24H29N3O2. The van der Waals surface area contributed by atoms with Crippen LogP contribution < -0.4 is 5.32 Å². The van der Waals surface area contributed by atoms with E-state index in [9.17, 15) is 9.59 Å². The van der Waals surface area contributed by atoms with Gasteiger partial charge in [0, 0.05) is 38.4 Å². The number of nitrogens with zero attached hydrogens (tertiary/aromatic N) is 2. The SMILES string of the molecule is CNC(=O)[C@@]1(Cc2ccccc2-c2ccncc2)CCCN(C(=O)C2CCC2)C1. The van der Waals surface area contributed by atoms with Gasteiger partial charge in [0.1, 0.15) is 0 Å². The van der Waals surface area contributed by atoms with Crippen LogP contribution in [0.3, 0.4) is 0 Å². The number of piperidine rings is 1. The van der Waals surface area contributed by atoms with E-state index in [-0.39, 0.29) is 17.7 Å². The van der Waals surface area contributed by atoms with E-state index < -0.39 is 5.41 Å². The summed E-state index contributed by atoms with van der Waals surface area (Å²) in [5.41, 5.74) is 2.77. The minimum Gasteiger partial charge on any atom is -0.359 e. The monoisotopic (exact) mass is 391 g/mol. The standard InChI is InChI=1S/C24H29N3O2/c1-25-23(29)24(12-5-15-27(17-24)22(28)19-7-4-8-19)16-20-6-2-3-9-21(20)18-10-13-26-14-11-18/h2-3,6,9-11,13-14,19H,4-5,7-8,12,15-17H2,1H3,(H,25,29)/t24-/m1/s1. The minimum atomic E-state index is -0.588. The van der Waals surface area contributed by atoms with Gasteiger partial charge in [-0.2, -0.15) is 0 Å². The van der Waals surface area contributed by atoms with E-state index in [1.807, 2.05) is 29.2 Å². The summed E-state index contributed by atoms with van der Waals surface area (Å²) in [6.07, 6.45) is 9.00. The van der Waals surface area contributed by atoms with Crippen molar-refractivity contribution in [1.82, 2.24) is 15.2 Å². The van der Waals surface area contributed by atoms with Gasteiger partial charge in [0.2, 0.25) is 11.8 Å². The second kappa shape index (κ2) is 8.36. The molecule has 2 fully saturated rings. The highest BCUT2D eigenvalue weighted by Gasteiger charge is 2.44. The van der Waals surface area contributed by atoms with Crippen molar-refractivity contribution >= 4 is 11.8 Å². The molecule has 0 unspecified atom stereocenters. The maximum atomic E-state index is 13.1. The zero-order valence-corrected chi connectivity index (χ0v) is 17.1. The van der Waals surface area contributed by atoms with Gasteiger partial charge in [0.15, 0.2) is 0 Å². The van der Waals surface area contributed by atoms with Gasteiger partial charge in [-0.1, -0.05) is 30.7 Å². The Kier molecular flexibility index (Phi) is 5.65. The number of hydrogen-bond acceptors (Lipinski definition) is 3. The van der Waals surface area contributed by atoms with Gasteiger partial charge >= 0.3 is 0 Å². The van der Waals surface area contributed by atoms with Crippen molar-refractivity contribution in [1.29, 1.82) is 0 Å². The molecule has 29 heavy (non-hydrogen) atoms. The Labute approximate surface area is 172 Å². The molecule has 1 saturated carbocycles. The Morgan fingerprint density at radius 3 is 2.59 bits per heavy atom. The Hall–Kier alpha value is -2.69. The molecule has 1 aliphatic carbocycles. The van der Waals surface area contributed by atoms with E-state index >= 15 is 0 Å². The molecule has 2 aliphatic rings. The summed E-state index contributed by atoms with van der Waals surface area (Å²) in [5, 5.41) is 2.88. The highest BCUT2D eigenvalue weighted by atomic mass is 16.2. The lowest BCUT2D eigenvalue weighted by Gasteiger charge is -2.43. The zero-order valence-electron chi connectivity index (χ0n) is 17.1. The molecule has 0 bridgehead atoms. The Balaban J connectivity index is 1.65. The lowest BCUT2D eigenvalue weighted by Crippen LogP contribution is -2.55. The third kappa shape index (κ3) is 3.91. The second-order valence-electron chi connectivity index (χ2n) is 8.42. The van der Waals surface area contributed by atoms with Crippen LogP contribution in [0.4, 0.5) is 0 Å². The van der Waals surface area contributed by atoms with E-state index in [0.29, 0.717) is 13.0 Å². The summed E-state index contributed by atoms with van der Waals surface area (Å²) in [5.74, 6) is 0.444. The Bertz CT molecular complexity index is 879. The van der Waals surface area contributed by atoms with Gasteiger partial charge in [-0.3, -0.25) is 14.6 Å². The summed E-state index contributed by atoms with van der Waals surface area (Å²) >= 11 is 0.